The van der Waals surface area contributed by atoms with Gasteiger partial charge >= 0.3 is 6.18 Å². The van der Waals surface area contributed by atoms with Gasteiger partial charge in [-0.15, -0.1) is 11.3 Å². The Labute approximate surface area is 215 Å². The molecule has 1 aliphatic carbocycles. The summed E-state index contributed by atoms with van der Waals surface area (Å²) in [5.41, 5.74) is 3.23. The lowest BCUT2D eigenvalue weighted by Crippen LogP contribution is -2.40. The fraction of sp³-hybridized carbons (Fsp3) is 0.462. The number of rotatable bonds is 4. The van der Waals surface area contributed by atoms with Crippen LogP contribution in [0.25, 0.3) is 0 Å². The van der Waals surface area contributed by atoms with E-state index in [9.17, 15) is 18.0 Å². The highest BCUT2D eigenvalue weighted by Gasteiger charge is 2.46. The van der Waals surface area contributed by atoms with Gasteiger partial charge in [-0.2, -0.15) is 18.3 Å². The van der Waals surface area contributed by atoms with E-state index in [2.05, 4.69) is 28.5 Å². The fourth-order valence-electron chi connectivity index (χ4n) is 5.57. The Balaban J connectivity index is 1.06. The number of nitrogens with zero attached hydrogens (tertiary/aromatic N) is 5. The molecule has 0 saturated carbocycles. The number of aromatic nitrogens is 3. The minimum atomic E-state index is -4.53. The summed E-state index contributed by atoms with van der Waals surface area (Å²) in [5, 5.41) is 11.1. The van der Waals surface area contributed by atoms with E-state index in [-0.39, 0.29) is 24.0 Å². The van der Waals surface area contributed by atoms with E-state index in [1.807, 2.05) is 11.4 Å². The Bertz CT molecular complexity index is 1370. The predicted octanol–water partition coefficient (Wildman–Crippen LogP) is 5.04. The van der Waals surface area contributed by atoms with E-state index in [1.54, 1.807) is 16.2 Å². The van der Waals surface area contributed by atoms with Crippen LogP contribution in [-0.4, -0.2) is 44.4 Å². The summed E-state index contributed by atoms with van der Waals surface area (Å²) in [4.78, 5) is 25.3. The molecule has 1 aromatic carbocycles. The lowest BCUT2D eigenvalue weighted by Gasteiger charge is -2.31. The van der Waals surface area contributed by atoms with Gasteiger partial charge in [0.25, 0.3) is 0 Å². The van der Waals surface area contributed by atoms with Crippen molar-refractivity contribution in [3.05, 3.63) is 68.9 Å². The summed E-state index contributed by atoms with van der Waals surface area (Å²) in [6.07, 6.45) is -0.401. The van der Waals surface area contributed by atoms with Gasteiger partial charge in [0.05, 0.1) is 10.7 Å². The first-order chi connectivity index (χ1) is 17.7. The second kappa shape index (κ2) is 8.97. The number of likely N-dealkylation sites (tertiary alicyclic amines) is 1. The summed E-state index contributed by atoms with van der Waals surface area (Å²) < 4.78 is 39.9. The van der Waals surface area contributed by atoms with E-state index < -0.39 is 11.9 Å². The Morgan fingerprint density at radius 1 is 1.24 bits per heavy atom. The molecule has 1 unspecified atom stereocenters. The van der Waals surface area contributed by atoms with Crippen LogP contribution < -0.4 is 0 Å². The number of fused-ring (bicyclic) bond motifs is 2. The number of hydrogen-bond donors (Lipinski definition) is 0. The summed E-state index contributed by atoms with van der Waals surface area (Å²) in [5.74, 6) is 0.00737. The van der Waals surface area contributed by atoms with Gasteiger partial charge in [-0.1, -0.05) is 29.4 Å². The van der Waals surface area contributed by atoms with Gasteiger partial charge in [0, 0.05) is 42.1 Å². The topological polar surface area (TPSA) is 72.6 Å². The van der Waals surface area contributed by atoms with Crippen LogP contribution in [0, 0.1) is 6.92 Å². The highest BCUT2D eigenvalue weighted by Crippen LogP contribution is 2.46. The molecular weight excluding hydrogens is 503 g/mol. The molecule has 194 valence electrons. The molecule has 6 rings (SSSR count). The van der Waals surface area contributed by atoms with Crippen LogP contribution in [0.1, 0.15) is 64.8 Å². The van der Waals surface area contributed by atoms with Crippen molar-refractivity contribution in [2.75, 3.05) is 13.1 Å². The normalized spacial score (nSPS) is 21.8. The monoisotopic (exact) mass is 529 g/mol. The summed E-state index contributed by atoms with van der Waals surface area (Å²) in [6.45, 7) is 2.40. The smallest absolute Gasteiger partial charge is 0.384 e. The molecule has 4 heterocycles. The molecule has 0 bridgehead atoms. The summed E-state index contributed by atoms with van der Waals surface area (Å²) >= 11 is 1.61. The number of alkyl halides is 3. The van der Waals surface area contributed by atoms with Crippen LogP contribution in [-0.2, 0) is 34.4 Å². The maximum atomic E-state index is 12.9. The number of benzene rings is 1. The van der Waals surface area contributed by atoms with Gasteiger partial charge in [-0.05, 0) is 44.2 Å². The number of thiazole rings is 1. The largest absolute Gasteiger partial charge is 0.435 e. The number of aryl methyl sites for hydroxylation is 2. The maximum absolute atomic E-state index is 12.9. The van der Waals surface area contributed by atoms with Crippen LogP contribution in [0.2, 0.25) is 0 Å². The number of hydrogen-bond acceptors (Lipinski definition) is 6. The van der Waals surface area contributed by atoms with Gasteiger partial charge in [0.2, 0.25) is 5.91 Å². The Hall–Kier alpha value is -3.21. The molecule has 1 atom stereocenters. The zero-order valence-electron chi connectivity index (χ0n) is 20.3. The van der Waals surface area contributed by atoms with Crippen molar-refractivity contribution in [3.63, 3.8) is 0 Å². The van der Waals surface area contributed by atoms with Crippen molar-refractivity contribution >= 4 is 23.0 Å². The molecule has 1 amide bonds. The van der Waals surface area contributed by atoms with Gasteiger partial charge in [0.1, 0.15) is 12.3 Å². The maximum Gasteiger partial charge on any atom is 0.435 e. The molecule has 2 aromatic heterocycles. The quantitative estimate of drug-likeness (QED) is 0.475. The number of carbonyl (C=O) groups is 1. The molecular formula is C26H26F3N5O2S. The second-order valence-corrected chi connectivity index (χ2v) is 10.9. The van der Waals surface area contributed by atoms with Crippen molar-refractivity contribution in [3.8, 4) is 0 Å². The molecule has 3 aromatic rings. The van der Waals surface area contributed by atoms with Crippen molar-refractivity contribution in [1.82, 2.24) is 19.7 Å². The van der Waals surface area contributed by atoms with Crippen molar-refractivity contribution in [1.29, 1.82) is 0 Å². The van der Waals surface area contributed by atoms with Crippen LogP contribution in [0.3, 0.4) is 0 Å². The van der Waals surface area contributed by atoms with Gasteiger partial charge in [-0.3, -0.25) is 9.48 Å². The Morgan fingerprint density at radius 2 is 2.03 bits per heavy atom. The van der Waals surface area contributed by atoms with Gasteiger partial charge in [-0.25, -0.2) is 4.98 Å². The highest BCUT2D eigenvalue weighted by atomic mass is 32.1. The fourth-order valence-corrected chi connectivity index (χ4v) is 6.57. The molecule has 3 aliphatic rings. The van der Waals surface area contributed by atoms with Crippen LogP contribution in [0.4, 0.5) is 13.2 Å². The second-order valence-electron chi connectivity index (χ2n) is 10.0. The molecule has 1 saturated heterocycles. The lowest BCUT2D eigenvalue weighted by molar-refractivity contribution is -0.142. The minimum Gasteiger partial charge on any atom is -0.384 e. The Morgan fingerprint density at radius 3 is 2.78 bits per heavy atom. The first-order valence-electron chi connectivity index (χ1n) is 12.4. The predicted molar refractivity (Wildman–Crippen MR) is 131 cm³/mol. The van der Waals surface area contributed by atoms with E-state index in [4.69, 9.17) is 9.82 Å². The third-order valence-corrected chi connectivity index (χ3v) is 8.67. The highest BCUT2D eigenvalue weighted by molar-refractivity contribution is 7.10. The lowest BCUT2D eigenvalue weighted by atomic mass is 9.90. The van der Waals surface area contributed by atoms with E-state index in [1.165, 1.54) is 18.1 Å². The Kier molecular flexibility index (Phi) is 5.85. The molecule has 0 N–H and O–H groups in total. The molecule has 1 spiro atoms. The standard InChI is InChI=1S/C26H26F3N5O2S/c1-16-12-22(26(27,28)29)31-34(16)14-23(35)33-10-7-18(8-11-33)24-30-21(15-37-24)20-13-25(36-32-20)9-6-17-4-2-3-5-19(17)25/h2-5,12,15,18H,6-11,13-14H2,1H3. The van der Waals surface area contributed by atoms with Gasteiger partial charge in [0.15, 0.2) is 11.3 Å². The average molecular weight is 530 g/mol. The number of amides is 1. The number of oxime groups is 1. The van der Waals surface area contributed by atoms with E-state index >= 15 is 0 Å². The van der Waals surface area contributed by atoms with Crippen LogP contribution in [0.15, 0.2) is 40.9 Å². The zero-order chi connectivity index (χ0) is 25.8. The number of piperidine rings is 1. The van der Waals surface area contributed by atoms with Crippen molar-refractivity contribution in [2.24, 2.45) is 5.16 Å². The van der Waals surface area contributed by atoms with Crippen molar-refractivity contribution in [2.45, 2.75) is 63.3 Å². The number of halogens is 3. The van der Waals surface area contributed by atoms with E-state index in [0.717, 1.165) is 52.8 Å². The molecule has 11 heteroatoms. The molecule has 1 fully saturated rings. The first-order valence-corrected chi connectivity index (χ1v) is 13.3. The van der Waals surface area contributed by atoms with Crippen LogP contribution in [0.5, 0.6) is 0 Å². The zero-order valence-corrected chi connectivity index (χ0v) is 21.1. The molecule has 37 heavy (non-hydrogen) atoms. The molecule has 2 aliphatic heterocycles. The van der Waals surface area contributed by atoms with E-state index in [0.29, 0.717) is 25.2 Å². The average Bonchev–Trinajstić information content (AvgIpc) is 3.67. The summed E-state index contributed by atoms with van der Waals surface area (Å²) in [7, 11) is 0. The van der Waals surface area contributed by atoms with Crippen LogP contribution >= 0.6 is 11.3 Å². The minimum absolute atomic E-state index is 0.196. The molecule has 7 nitrogen and oxygen atoms in total. The summed E-state index contributed by atoms with van der Waals surface area (Å²) in [6, 6.07) is 9.35. The third-order valence-electron chi connectivity index (χ3n) is 7.66. The van der Waals surface area contributed by atoms with Crippen molar-refractivity contribution < 1.29 is 22.8 Å². The molecule has 0 radical (unpaired) electrons. The number of carbonyl (C=O) groups excluding carboxylic acids is 1. The van der Waals surface area contributed by atoms with Gasteiger partial charge < -0.3 is 9.74 Å². The first kappa shape index (κ1) is 24.1. The third kappa shape index (κ3) is 4.43. The SMILES string of the molecule is Cc1cc(C(F)(F)F)nn1CC(=O)N1CCC(c2nc(C3=NOC4(CCc5ccccc54)C3)cs2)CC1.